The van der Waals surface area contributed by atoms with Crippen LogP contribution in [0, 0.1) is 20.2 Å². The van der Waals surface area contributed by atoms with Gasteiger partial charge in [0.05, 0.1) is 14.9 Å². The molecule has 0 aromatic heterocycles. The highest BCUT2D eigenvalue weighted by molar-refractivity contribution is 6.34. The van der Waals surface area contributed by atoms with Gasteiger partial charge < -0.3 is 5.32 Å². The van der Waals surface area contributed by atoms with Crippen molar-refractivity contribution in [2.45, 2.75) is 0 Å². The number of para-hydroxylation sites is 1. The smallest absolute Gasteiger partial charge is 0.294 e. The van der Waals surface area contributed by atoms with Crippen LogP contribution in [0.15, 0.2) is 42.5 Å². The minimum atomic E-state index is -0.669. The lowest BCUT2D eigenvalue weighted by atomic mass is 10.2. The molecule has 22 heavy (non-hydrogen) atoms. The zero-order valence-electron chi connectivity index (χ0n) is 10.9. The number of nitrogens with one attached hydrogen (secondary N) is 1. The van der Waals surface area contributed by atoms with E-state index in [1.807, 2.05) is 0 Å². The van der Waals surface area contributed by atoms with Crippen LogP contribution in [-0.4, -0.2) is 15.8 Å². The van der Waals surface area contributed by atoms with Gasteiger partial charge >= 0.3 is 0 Å². The molecular weight excluding hydrogens is 314 g/mol. The molecule has 0 atom stereocenters. The van der Waals surface area contributed by atoms with Crippen LogP contribution >= 0.6 is 11.6 Å². The largest absolute Gasteiger partial charge is 0.315 e. The Hall–Kier alpha value is -3.00. The van der Waals surface area contributed by atoms with Crippen molar-refractivity contribution in [3.8, 4) is 0 Å². The van der Waals surface area contributed by atoms with Gasteiger partial charge in [-0.3, -0.25) is 25.0 Å². The van der Waals surface area contributed by atoms with Crippen LogP contribution in [0.4, 0.5) is 17.1 Å². The summed E-state index contributed by atoms with van der Waals surface area (Å²) in [6.07, 6.45) is 0. The van der Waals surface area contributed by atoms with Gasteiger partial charge in [0, 0.05) is 23.8 Å². The van der Waals surface area contributed by atoms with E-state index in [2.05, 4.69) is 5.32 Å². The van der Waals surface area contributed by atoms with Crippen molar-refractivity contribution in [1.82, 2.24) is 0 Å². The van der Waals surface area contributed by atoms with Crippen LogP contribution in [0.2, 0.25) is 5.02 Å². The monoisotopic (exact) mass is 321 g/mol. The molecule has 0 bridgehead atoms. The molecule has 0 spiro atoms. The molecule has 9 heteroatoms. The third-order valence-corrected chi connectivity index (χ3v) is 3.08. The second-order valence-corrected chi connectivity index (χ2v) is 4.56. The zero-order chi connectivity index (χ0) is 16.3. The molecule has 0 saturated carbocycles. The predicted molar refractivity (Wildman–Crippen MR) is 79.2 cm³/mol. The van der Waals surface area contributed by atoms with Gasteiger partial charge in [0.15, 0.2) is 0 Å². The number of nitro groups is 2. The summed E-state index contributed by atoms with van der Waals surface area (Å²) in [4.78, 5) is 32.3. The highest BCUT2D eigenvalue weighted by atomic mass is 35.5. The van der Waals surface area contributed by atoms with Gasteiger partial charge in [0.2, 0.25) is 0 Å². The van der Waals surface area contributed by atoms with Crippen molar-refractivity contribution in [3.63, 3.8) is 0 Å². The fourth-order valence-corrected chi connectivity index (χ4v) is 1.93. The number of hydrogen-bond acceptors (Lipinski definition) is 5. The molecule has 0 unspecified atom stereocenters. The van der Waals surface area contributed by atoms with E-state index in [1.54, 1.807) is 0 Å². The lowest BCUT2D eigenvalue weighted by Gasteiger charge is -2.07. The van der Waals surface area contributed by atoms with Crippen LogP contribution in [-0.2, 0) is 0 Å². The van der Waals surface area contributed by atoms with Crippen LogP contribution in [0.1, 0.15) is 10.4 Å². The number of carbonyl (C=O) groups is 1. The molecule has 0 aliphatic carbocycles. The van der Waals surface area contributed by atoms with E-state index in [0.29, 0.717) is 0 Å². The van der Waals surface area contributed by atoms with E-state index in [0.717, 1.165) is 12.1 Å². The molecule has 1 N–H and O–H groups in total. The van der Waals surface area contributed by atoms with Gasteiger partial charge in [-0.1, -0.05) is 17.7 Å². The second kappa shape index (κ2) is 6.19. The highest BCUT2D eigenvalue weighted by Crippen LogP contribution is 2.32. The van der Waals surface area contributed by atoms with Crippen LogP contribution < -0.4 is 5.32 Å². The van der Waals surface area contributed by atoms with Crippen molar-refractivity contribution in [2.75, 3.05) is 5.32 Å². The number of halogens is 1. The van der Waals surface area contributed by atoms with Gasteiger partial charge in [0.25, 0.3) is 17.3 Å². The Morgan fingerprint density at radius 1 is 1.00 bits per heavy atom. The second-order valence-electron chi connectivity index (χ2n) is 4.15. The summed E-state index contributed by atoms with van der Waals surface area (Å²) >= 11 is 5.86. The summed E-state index contributed by atoms with van der Waals surface area (Å²) < 4.78 is 0. The van der Waals surface area contributed by atoms with Gasteiger partial charge in [-0.05, 0) is 18.2 Å². The number of hydrogen-bond donors (Lipinski definition) is 1. The Bertz CT molecular complexity index is 761. The molecule has 0 aliphatic rings. The minimum Gasteiger partial charge on any atom is -0.315 e. The molecule has 8 nitrogen and oxygen atoms in total. The Morgan fingerprint density at radius 2 is 1.64 bits per heavy atom. The number of carbonyl (C=O) groups excluding carboxylic acids is 1. The SMILES string of the molecule is O=C(Nc1c(Cl)cccc1[N+](=O)[O-])c1ccc([N+](=O)[O-])cc1. The fraction of sp³-hybridized carbons (Fsp3) is 0. The molecule has 1 amide bonds. The Labute approximate surface area is 128 Å². The summed E-state index contributed by atoms with van der Waals surface area (Å²) in [6.45, 7) is 0. The number of rotatable bonds is 4. The van der Waals surface area contributed by atoms with Crippen molar-refractivity contribution in [3.05, 3.63) is 73.3 Å². The molecule has 0 saturated heterocycles. The van der Waals surface area contributed by atoms with E-state index in [1.165, 1.54) is 30.3 Å². The zero-order valence-corrected chi connectivity index (χ0v) is 11.6. The van der Waals surface area contributed by atoms with Crippen molar-refractivity contribution in [1.29, 1.82) is 0 Å². The van der Waals surface area contributed by atoms with Crippen LogP contribution in [0.3, 0.4) is 0 Å². The Morgan fingerprint density at radius 3 is 2.18 bits per heavy atom. The first-order valence-corrected chi connectivity index (χ1v) is 6.26. The van der Waals surface area contributed by atoms with Crippen molar-refractivity contribution in [2.24, 2.45) is 0 Å². The molecule has 2 rings (SSSR count). The molecule has 0 aliphatic heterocycles. The summed E-state index contributed by atoms with van der Waals surface area (Å²) in [6, 6.07) is 8.82. The number of anilines is 1. The van der Waals surface area contributed by atoms with E-state index < -0.39 is 15.8 Å². The molecule has 2 aromatic carbocycles. The maximum Gasteiger partial charge on any atom is 0.294 e. The standard InChI is InChI=1S/C13H8ClN3O5/c14-10-2-1-3-11(17(21)22)12(10)15-13(18)8-4-6-9(7-5-8)16(19)20/h1-7H,(H,15,18). The van der Waals surface area contributed by atoms with Gasteiger partial charge in [-0.15, -0.1) is 0 Å². The molecule has 0 fully saturated rings. The van der Waals surface area contributed by atoms with Crippen LogP contribution in [0.5, 0.6) is 0 Å². The van der Waals surface area contributed by atoms with E-state index in [4.69, 9.17) is 11.6 Å². The quantitative estimate of drug-likeness (QED) is 0.684. The molecule has 0 radical (unpaired) electrons. The van der Waals surface area contributed by atoms with Crippen LogP contribution in [0.25, 0.3) is 0 Å². The molecule has 112 valence electrons. The van der Waals surface area contributed by atoms with E-state index in [9.17, 15) is 25.0 Å². The van der Waals surface area contributed by atoms with E-state index >= 15 is 0 Å². The third kappa shape index (κ3) is 3.18. The Kier molecular flexibility index (Phi) is 4.33. The minimum absolute atomic E-state index is 0.0180. The predicted octanol–water partition coefficient (Wildman–Crippen LogP) is 3.41. The highest BCUT2D eigenvalue weighted by Gasteiger charge is 2.19. The third-order valence-electron chi connectivity index (χ3n) is 2.77. The lowest BCUT2D eigenvalue weighted by molar-refractivity contribution is -0.384. The number of nitrogens with zero attached hydrogens (tertiary/aromatic N) is 2. The molecule has 2 aromatic rings. The van der Waals surface area contributed by atoms with Gasteiger partial charge in [0.1, 0.15) is 5.69 Å². The summed E-state index contributed by atoms with van der Waals surface area (Å²) in [5, 5.41) is 23.8. The topological polar surface area (TPSA) is 115 Å². The van der Waals surface area contributed by atoms with Gasteiger partial charge in [-0.25, -0.2) is 0 Å². The molecule has 0 heterocycles. The number of non-ortho nitro benzene ring substituents is 1. The first kappa shape index (κ1) is 15.4. The average Bonchev–Trinajstić information content (AvgIpc) is 2.49. The fourth-order valence-electron chi connectivity index (χ4n) is 1.71. The van der Waals surface area contributed by atoms with E-state index in [-0.39, 0.29) is 27.6 Å². The molecular formula is C13H8ClN3O5. The summed E-state index contributed by atoms with van der Waals surface area (Å²) in [5.41, 5.74) is -0.527. The first-order chi connectivity index (χ1) is 10.4. The average molecular weight is 322 g/mol. The maximum atomic E-state index is 12.1. The van der Waals surface area contributed by atoms with Crippen molar-refractivity contribution >= 4 is 34.6 Å². The lowest BCUT2D eigenvalue weighted by Crippen LogP contribution is -2.13. The van der Waals surface area contributed by atoms with Crippen molar-refractivity contribution < 1.29 is 14.6 Å². The number of benzene rings is 2. The maximum absolute atomic E-state index is 12.1. The Balaban J connectivity index is 2.29. The summed E-state index contributed by atoms with van der Waals surface area (Å²) in [7, 11) is 0. The number of nitro benzene ring substituents is 2. The van der Waals surface area contributed by atoms with Gasteiger partial charge in [-0.2, -0.15) is 0 Å². The normalized spacial score (nSPS) is 10.0. The summed E-state index contributed by atoms with van der Waals surface area (Å²) in [5.74, 6) is -0.661. The first-order valence-electron chi connectivity index (χ1n) is 5.89. The number of amides is 1.